The van der Waals surface area contributed by atoms with Gasteiger partial charge in [0.1, 0.15) is 11.5 Å². The van der Waals surface area contributed by atoms with Crippen molar-refractivity contribution >= 4 is 5.91 Å². The Labute approximate surface area is 148 Å². The van der Waals surface area contributed by atoms with Crippen LogP contribution >= 0.6 is 0 Å². The Kier molecular flexibility index (Phi) is 6.31. The fourth-order valence-corrected chi connectivity index (χ4v) is 2.82. The highest BCUT2D eigenvalue weighted by Crippen LogP contribution is 2.18. The molecule has 1 aromatic carbocycles. The average molecular weight is 346 g/mol. The molecule has 0 aliphatic rings. The Bertz CT molecular complexity index is 707. The molecule has 0 bridgehead atoms. The third-order valence-electron chi connectivity index (χ3n) is 4.11. The highest BCUT2D eigenvalue weighted by atomic mass is 19.1. The highest BCUT2D eigenvalue weighted by Gasteiger charge is 2.18. The first-order chi connectivity index (χ1) is 11.8. The summed E-state index contributed by atoms with van der Waals surface area (Å²) in [5.74, 6) is 0.0687. The second-order valence-corrected chi connectivity index (χ2v) is 6.98. The fraction of sp³-hybridized carbons (Fsp3) is 0.474. The van der Waals surface area contributed by atoms with Crippen molar-refractivity contribution in [3.8, 4) is 0 Å². The molecule has 0 aliphatic carbocycles. The lowest BCUT2D eigenvalue weighted by molar-refractivity contribution is 0.0932. The molecule has 1 amide bonds. The van der Waals surface area contributed by atoms with Crippen LogP contribution in [0.15, 0.2) is 30.3 Å². The topological polar surface area (TPSA) is 50.2 Å². The van der Waals surface area contributed by atoms with Crippen LogP contribution in [-0.4, -0.2) is 41.2 Å². The molecule has 6 heteroatoms. The van der Waals surface area contributed by atoms with E-state index < -0.39 is 0 Å². The summed E-state index contributed by atoms with van der Waals surface area (Å²) in [6.07, 6.45) is 0.844. The molecule has 1 heterocycles. The van der Waals surface area contributed by atoms with Crippen molar-refractivity contribution in [2.45, 2.75) is 26.3 Å². The molecule has 0 aliphatic heterocycles. The van der Waals surface area contributed by atoms with Crippen molar-refractivity contribution in [2.75, 3.05) is 20.6 Å². The smallest absolute Gasteiger partial charge is 0.269 e. The lowest BCUT2D eigenvalue weighted by atomic mass is 10.1. The summed E-state index contributed by atoms with van der Waals surface area (Å²) in [6, 6.07) is 8.18. The number of benzene rings is 1. The first kappa shape index (κ1) is 19.1. The summed E-state index contributed by atoms with van der Waals surface area (Å²) in [5, 5.41) is 7.37. The predicted molar refractivity (Wildman–Crippen MR) is 96.9 cm³/mol. The van der Waals surface area contributed by atoms with Crippen molar-refractivity contribution < 1.29 is 9.18 Å². The zero-order chi connectivity index (χ0) is 18.6. The van der Waals surface area contributed by atoms with Crippen LogP contribution in [0.5, 0.6) is 0 Å². The molecule has 0 fully saturated rings. The Balaban J connectivity index is 2.06. The molecule has 136 valence electrons. The van der Waals surface area contributed by atoms with Crippen LogP contribution in [0.3, 0.4) is 0 Å². The van der Waals surface area contributed by atoms with E-state index in [0.717, 1.165) is 17.7 Å². The van der Waals surface area contributed by atoms with Crippen LogP contribution in [0.2, 0.25) is 0 Å². The van der Waals surface area contributed by atoms with E-state index >= 15 is 0 Å². The van der Waals surface area contributed by atoms with Crippen LogP contribution in [0, 0.1) is 11.7 Å². The zero-order valence-corrected chi connectivity index (χ0v) is 15.6. The standard InChI is InChI=1S/C19H27FN4O/c1-13(2)10-16-11-17(24(5)22-16)19(25)21-12-18(23(3)4)14-6-8-15(20)9-7-14/h6-9,11,13,18H,10,12H2,1-5H3,(H,21,25)/t18-/m1/s1. The van der Waals surface area contributed by atoms with Crippen molar-refractivity contribution in [3.05, 3.63) is 53.1 Å². The van der Waals surface area contributed by atoms with Gasteiger partial charge in [0.05, 0.1) is 11.7 Å². The van der Waals surface area contributed by atoms with Crippen molar-refractivity contribution in [3.63, 3.8) is 0 Å². The van der Waals surface area contributed by atoms with E-state index in [9.17, 15) is 9.18 Å². The molecule has 1 aromatic heterocycles. The normalized spacial score (nSPS) is 12.6. The number of carbonyl (C=O) groups excluding carboxylic acids is 1. The van der Waals surface area contributed by atoms with Crippen LogP contribution in [-0.2, 0) is 13.5 Å². The van der Waals surface area contributed by atoms with E-state index in [1.165, 1.54) is 12.1 Å². The van der Waals surface area contributed by atoms with Gasteiger partial charge in [-0.05, 0) is 50.2 Å². The SMILES string of the molecule is CC(C)Cc1cc(C(=O)NC[C@H](c2ccc(F)cc2)N(C)C)n(C)n1. The van der Waals surface area contributed by atoms with E-state index in [1.807, 2.05) is 25.1 Å². The van der Waals surface area contributed by atoms with Gasteiger partial charge >= 0.3 is 0 Å². The van der Waals surface area contributed by atoms with Crippen molar-refractivity contribution in [2.24, 2.45) is 13.0 Å². The van der Waals surface area contributed by atoms with E-state index in [-0.39, 0.29) is 17.8 Å². The maximum atomic E-state index is 13.1. The highest BCUT2D eigenvalue weighted by molar-refractivity contribution is 5.92. The second kappa shape index (κ2) is 8.25. The number of carbonyl (C=O) groups is 1. The Hall–Kier alpha value is -2.21. The number of aromatic nitrogens is 2. The van der Waals surface area contributed by atoms with Crippen LogP contribution in [0.1, 0.15) is 41.6 Å². The van der Waals surface area contributed by atoms with Gasteiger partial charge in [-0.15, -0.1) is 0 Å². The molecule has 0 saturated heterocycles. The van der Waals surface area contributed by atoms with Crippen LogP contribution < -0.4 is 5.32 Å². The average Bonchev–Trinajstić information content (AvgIpc) is 2.88. The van der Waals surface area contributed by atoms with Gasteiger partial charge in [-0.2, -0.15) is 5.10 Å². The molecule has 0 spiro atoms. The number of hydrogen-bond acceptors (Lipinski definition) is 3. The fourth-order valence-electron chi connectivity index (χ4n) is 2.82. The third kappa shape index (κ3) is 5.13. The molecule has 2 rings (SSSR count). The number of nitrogens with zero attached hydrogens (tertiary/aromatic N) is 3. The van der Waals surface area contributed by atoms with E-state index in [0.29, 0.717) is 18.2 Å². The van der Waals surface area contributed by atoms with Gasteiger partial charge in [0.2, 0.25) is 0 Å². The maximum absolute atomic E-state index is 13.1. The summed E-state index contributed by atoms with van der Waals surface area (Å²) in [5.41, 5.74) is 2.43. The molecule has 0 unspecified atom stereocenters. The minimum Gasteiger partial charge on any atom is -0.349 e. The number of amides is 1. The monoisotopic (exact) mass is 346 g/mol. The Morgan fingerprint density at radius 1 is 1.28 bits per heavy atom. The summed E-state index contributed by atoms with van der Waals surface area (Å²) >= 11 is 0. The largest absolute Gasteiger partial charge is 0.349 e. The predicted octanol–water partition coefficient (Wildman–Crippen LogP) is 2.79. The molecule has 2 aromatic rings. The summed E-state index contributed by atoms with van der Waals surface area (Å²) in [7, 11) is 5.65. The van der Waals surface area contributed by atoms with E-state index in [4.69, 9.17) is 0 Å². The molecule has 5 nitrogen and oxygen atoms in total. The molecular weight excluding hydrogens is 319 g/mol. The van der Waals surface area contributed by atoms with Crippen molar-refractivity contribution in [1.29, 1.82) is 0 Å². The number of aryl methyl sites for hydroxylation is 1. The van der Waals surface area contributed by atoms with Gasteiger partial charge < -0.3 is 10.2 Å². The zero-order valence-electron chi connectivity index (χ0n) is 15.6. The lowest BCUT2D eigenvalue weighted by Crippen LogP contribution is -2.35. The number of rotatable bonds is 7. The molecule has 0 saturated carbocycles. The maximum Gasteiger partial charge on any atom is 0.269 e. The first-order valence-electron chi connectivity index (χ1n) is 8.51. The summed E-state index contributed by atoms with van der Waals surface area (Å²) in [4.78, 5) is 14.5. The second-order valence-electron chi connectivity index (χ2n) is 6.98. The summed E-state index contributed by atoms with van der Waals surface area (Å²) in [6.45, 7) is 4.68. The van der Waals surface area contributed by atoms with Crippen molar-refractivity contribution in [1.82, 2.24) is 20.0 Å². The van der Waals surface area contributed by atoms with Crippen LogP contribution in [0.4, 0.5) is 4.39 Å². The van der Waals surface area contributed by atoms with Crippen LogP contribution in [0.25, 0.3) is 0 Å². The van der Waals surface area contributed by atoms with Gasteiger partial charge in [-0.1, -0.05) is 26.0 Å². The molecular formula is C19H27FN4O. The van der Waals surface area contributed by atoms with E-state index in [1.54, 1.807) is 23.9 Å². The van der Waals surface area contributed by atoms with Gasteiger partial charge in [0, 0.05) is 13.6 Å². The molecule has 0 radical (unpaired) electrons. The number of halogens is 1. The van der Waals surface area contributed by atoms with E-state index in [2.05, 4.69) is 24.3 Å². The quantitative estimate of drug-likeness (QED) is 0.839. The lowest BCUT2D eigenvalue weighted by Gasteiger charge is -2.25. The first-order valence-corrected chi connectivity index (χ1v) is 8.51. The number of hydrogen-bond donors (Lipinski definition) is 1. The number of likely N-dealkylation sites (N-methyl/N-ethyl adjacent to an activating group) is 1. The third-order valence-corrected chi connectivity index (χ3v) is 4.11. The number of nitrogens with one attached hydrogen (secondary N) is 1. The van der Waals surface area contributed by atoms with Gasteiger partial charge in [0.15, 0.2) is 0 Å². The van der Waals surface area contributed by atoms with Gasteiger partial charge in [-0.25, -0.2) is 4.39 Å². The molecule has 1 atom stereocenters. The van der Waals surface area contributed by atoms with Gasteiger partial charge in [-0.3, -0.25) is 9.48 Å². The Morgan fingerprint density at radius 2 is 1.92 bits per heavy atom. The minimum absolute atomic E-state index is 0.0343. The van der Waals surface area contributed by atoms with Gasteiger partial charge in [0.25, 0.3) is 5.91 Å². The summed E-state index contributed by atoms with van der Waals surface area (Å²) < 4.78 is 14.8. The molecule has 25 heavy (non-hydrogen) atoms. The Morgan fingerprint density at radius 3 is 2.48 bits per heavy atom. The molecule has 1 N–H and O–H groups in total. The minimum atomic E-state index is -0.266.